The number of rotatable bonds is 5. The van der Waals surface area contributed by atoms with E-state index in [9.17, 15) is 9.59 Å². The summed E-state index contributed by atoms with van der Waals surface area (Å²) in [6.45, 7) is 1.94. The van der Waals surface area contributed by atoms with Crippen molar-refractivity contribution in [1.82, 2.24) is 9.69 Å². The van der Waals surface area contributed by atoms with Gasteiger partial charge in [0.25, 0.3) is 11.8 Å². The van der Waals surface area contributed by atoms with Crippen LogP contribution in [0.3, 0.4) is 0 Å². The topological polar surface area (TPSA) is 71.1 Å². The largest absolute Gasteiger partial charge is 0.346 e. The molecule has 0 aliphatic rings. The Morgan fingerprint density at radius 2 is 1.66 bits per heavy atom. The molecule has 1 heterocycles. The number of carbonyl (C=O) groups excluding carboxylic acids is 2. The fraction of sp³-hybridized carbons (Fsp3) is 0.0870. The number of fused-ring (bicyclic) bond motifs is 1. The normalized spacial score (nSPS) is 11.8. The first-order valence-corrected chi connectivity index (χ1v) is 10.0. The number of amides is 2. The maximum absolute atomic E-state index is 12.7. The second-order valence-corrected chi connectivity index (χ2v) is 7.47. The van der Waals surface area contributed by atoms with E-state index in [1.165, 1.54) is 11.5 Å². The van der Waals surface area contributed by atoms with Gasteiger partial charge >= 0.3 is 0 Å². The van der Waals surface area contributed by atoms with Gasteiger partial charge in [-0.1, -0.05) is 54.6 Å². The van der Waals surface area contributed by atoms with E-state index < -0.39 is 0 Å². The Morgan fingerprint density at radius 1 is 0.897 bits per heavy atom. The van der Waals surface area contributed by atoms with Gasteiger partial charge < -0.3 is 10.6 Å². The van der Waals surface area contributed by atoms with Gasteiger partial charge in [0.2, 0.25) is 0 Å². The molecule has 0 saturated carbocycles. The summed E-state index contributed by atoms with van der Waals surface area (Å²) in [5.41, 5.74) is 2.44. The molecule has 0 radical (unpaired) electrons. The minimum absolute atomic E-state index is 0.122. The highest BCUT2D eigenvalue weighted by Gasteiger charge is 2.16. The zero-order valence-corrected chi connectivity index (χ0v) is 16.6. The molecule has 1 aromatic heterocycles. The monoisotopic (exact) mass is 401 g/mol. The highest BCUT2D eigenvalue weighted by molar-refractivity contribution is 7.13. The summed E-state index contributed by atoms with van der Waals surface area (Å²) in [5, 5.41) is 6.64. The molecule has 0 fully saturated rings. The van der Waals surface area contributed by atoms with Gasteiger partial charge in [-0.3, -0.25) is 9.59 Å². The number of aromatic nitrogens is 1. The van der Waals surface area contributed by atoms with Crippen LogP contribution in [0.4, 0.5) is 5.69 Å². The third-order valence-electron chi connectivity index (χ3n) is 4.62. The third kappa shape index (κ3) is 4.17. The zero-order chi connectivity index (χ0) is 20.2. The molecule has 2 amide bonds. The summed E-state index contributed by atoms with van der Waals surface area (Å²) >= 11 is 1.29. The van der Waals surface area contributed by atoms with E-state index in [1.54, 1.807) is 24.3 Å². The molecule has 0 unspecified atom stereocenters. The van der Waals surface area contributed by atoms with Gasteiger partial charge in [-0.25, -0.2) is 0 Å². The summed E-state index contributed by atoms with van der Waals surface area (Å²) in [6.07, 6.45) is 0. The molecular formula is C23H19N3O2S. The van der Waals surface area contributed by atoms with E-state index >= 15 is 0 Å². The smallest absolute Gasteiger partial charge is 0.276 e. The highest BCUT2D eigenvalue weighted by atomic mass is 32.1. The van der Waals surface area contributed by atoms with E-state index in [0.29, 0.717) is 16.9 Å². The lowest BCUT2D eigenvalue weighted by molar-refractivity contribution is 0.0938. The predicted molar refractivity (Wildman–Crippen MR) is 116 cm³/mol. The van der Waals surface area contributed by atoms with E-state index in [2.05, 4.69) is 15.0 Å². The summed E-state index contributed by atoms with van der Waals surface area (Å²) in [4.78, 5) is 25.3. The van der Waals surface area contributed by atoms with Crippen molar-refractivity contribution in [3.63, 3.8) is 0 Å². The number of nitrogens with zero attached hydrogens (tertiary/aromatic N) is 1. The fourth-order valence-electron chi connectivity index (χ4n) is 3.08. The Morgan fingerprint density at radius 3 is 2.48 bits per heavy atom. The van der Waals surface area contributed by atoms with Gasteiger partial charge in [-0.05, 0) is 48.3 Å². The van der Waals surface area contributed by atoms with Crippen LogP contribution in [0.2, 0.25) is 0 Å². The number of carbonyl (C=O) groups is 2. The standard InChI is InChI=1S/C23H19N3O2S/c1-15(16-8-3-2-4-9-16)24-22(27)17-10-7-11-18(14-17)25-23(28)21-19-12-5-6-13-20(19)29-26-21/h2-15H,1H3,(H,24,27)(H,25,28)/t15-/m1/s1. The van der Waals surface area contributed by atoms with Crippen LogP contribution < -0.4 is 10.6 Å². The molecule has 0 aliphatic heterocycles. The molecule has 0 bridgehead atoms. The molecule has 3 aromatic carbocycles. The number of hydrogen-bond donors (Lipinski definition) is 2. The first kappa shape index (κ1) is 18.8. The second kappa shape index (κ2) is 8.24. The van der Waals surface area contributed by atoms with Crippen molar-refractivity contribution < 1.29 is 9.59 Å². The molecule has 2 N–H and O–H groups in total. The molecule has 4 aromatic rings. The number of benzene rings is 3. The SMILES string of the molecule is C[C@@H](NC(=O)c1cccc(NC(=O)c2nsc3ccccc23)c1)c1ccccc1. The van der Waals surface area contributed by atoms with Gasteiger partial charge in [0, 0.05) is 16.6 Å². The van der Waals surface area contributed by atoms with Crippen molar-refractivity contribution >= 4 is 39.1 Å². The summed E-state index contributed by atoms with van der Waals surface area (Å²) in [6, 6.07) is 24.1. The van der Waals surface area contributed by atoms with Crippen molar-refractivity contribution in [1.29, 1.82) is 0 Å². The zero-order valence-electron chi connectivity index (χ0n) is 15.8. The van der Waals surface area contributed by atoms with Gasteiger partial charge in [0.1, 0.15) is 5.69 Å². The average Bonchev–Trinajstić information content (AvgIpc) is 3.19. The lowest BCUT2D eigenvalue weighted by Gasteiger charge is -2.14. The minimum atomic E-state index is -0.294. The van der Waals surface area contributed by atoms with Crippen LogP contribution in [-0.4, -0.2) is 16.2 Å². The molecule has 1 atom stereocenters. The van der Waals surface area contributed by atoms with Gasteiger partial charge in [-0.15, -0.1) is 0 Å². The van der Waals surface area contributed by atoms with Crippen molar-refractivity contribution in [2.24, 2.45) is 0 Å². The van der Waals surface area contributed by atoms with Gasteiger partial charge in [0.05, 0.1) is 10.7 Å². The van der Waals surface area contributed by atoms with Crippen molar-refractivity contribution in [2.45, 2.75) is 13.0 Å². The molecule has 0 aliphatic carbocycles. The lowest BCUT2D eigenvalue weighted by atomic mass is 10.1. The Labute approximate surface area is 172 Å². The molecule has 5 nitrogen and oxygen atoms in total. The van der Waals surface area contributed by atoms with Crippen LogP contribution in [0.1, 0.15) is 39.4 Å². The van der Waals surface area contributed by atoms with Crippen molar-refractivity contribution in [3.05, 3.63) is 95.7 Å². The molecule has 6 heteroatoms. The molecular weight excluding hydrogens is 382 g/mol. The van der Waals surface area contributed by atoms with E-state index in [-0.39, 0.29) is 17.9 Å². The molecule has 29 heavy (non-hydrogen) atoms. The number of hydrogen-bond acceptors (Lipinski definition) is 4. The van der Waals surface area contributed by atoms with Crippen LogP contribution in [0.25, 0.3) is 10.1 Å². The summed E-state index contributed by atoms with van der Waals surface area (Å²) < 4.78 is 5.23. The first-order chi connectivity index (χ1) is 14.1. The minimum Gasteiger partial charge on any atom is -0.346 e. The van der Waals surface area contributed by atoms with Gasteiger partial charge in [0.15, 0.2) is 0 Å². The Hall–Kier alpha value is -3.51. The van der Waals surface area contributed by atoms with E-state index in [1.807, 2.05) is 61.5 Å². The van der Waals surface area contributed by atoms with E-state index in [0.717, 1.165) is 15.6 Å². The fourth-order valence-corrected chi connectivity index (χ4v) is 3.86. The van der Waals surface area contributed by atoms with Crippen molar-refractivity contribution in [2.75, 3.05) is 5.32 Å². The Balaban J connectivity index is 1.48. The second-order valence-electron chi connectivity index (χ2n) is 6.67. The van der Waals surface area contributed by atoms with Crippen LogP contribution in [0.15, 0.2) is 78.9 Å². The molecule has 0 spiro atoms. The summed E-state index contributed by atoms with van der Waals surface area (Å²) in [5.74, 6) is -0.491. The third-order valence-corrected chi connectivity index (χ3v) is 5.45. The lowest BCUT2D eigenvalue weighted by Crippen LogP contribution is -2.26. The Bertz CT molecular complexity index is 1170. The van der Waals surface area contributed by atoms with Crippen LogP contribution in [0.5, 0.6) is 0 Å². The number of anilines is 1. The van der Waals surface area contributed by atoms with Crippen molar-refractivity contribution in [3.8, 4) is 0 Å². The maximum atomic E-state index is 12.7. The Kier molecular flexibility index (Phi) is 5.35. The first-order valence-electron chi connectivity index (χ1n) is 9.23. The highest BCUT2D eigenvalue weighted by Crippen LogP contribution is 2.23. The average molecular weight is 401 g/mol. The number of nitrogens with one attached hydrogen (secondary N) is 2. The maximum Gasteiger partial charge on any atom is 0.276 e. The summed E-state index contributed by atoms with van der Waals surface area (Å²) in [7, 11) is 0. The van der Waals surface area contributed by atoms with E-state index in [4.69, 9.17) is 0 Å². The molecule has 144 valence electrons. The van der Waals surface area contributed by atoms with Gasteiger partial charge in [-0.2, -0.15) is 4.37 Å². The predicted octanol–water partition coefficient (Wildman–Crippen LogP) is 5.04. The molecule has 4 rings (SSSR count). The van der Waals surface area contributed by atoms with Crippen LogP contribution in [0, 0.1) is 0 Å². The quantitative estimate of drug-likeness (QED) is 0.492. The molecule has 0 saturated heterocycles. The van der Waals surface area contributed by atoms with Crippen LogP contribution >= 0.6 is 11.5 Å². The van der Waals surface area contributed by atoms with Crippen LogP contribution in [-0.2, 0) is 0 Å².